The maximum Gasteiger partial charge on any atom is 0.275 e. The van der Waals surface area contributed by atoms with Crippen molar-refractivity contribution >= 4 is 11.6 Å². The number of aromatic hydroxyl groups is 1. The van der Waals surface area contributed by atoms with Gasteiger partial charge in [-0.3, -0.25) is 4.79 Å². The molecule has 1 aromatic carbocycles. The van der Waals surface area contributed by atoms with Crippen molar-refractivity contribution in [2.45, 2.75) is 39.0 Å². The number of hydrogen-bond acceptors (Lipinski definition) is 3. The summed E-state index contributed by atoms with van der Waals surface area (Å²) >= 11 is 0. The number of fused-ring (bicyclic) bond motifs is 5. The summed E-state index contributed by atoms with van der Waals surface area (Å²) in [5.74, 6) is 3.61. The van der Waals surface area contributed by atoms with E-state index in [-0.39, 0.29) is 17.2 Å². The van der Waals surface area contributed by atoms with Gasteiger partial charge in [-0.25, -0.2) is 5.43 Å². The molecule has 4 nitrogen and oxygen atoms in total. The summed E-state index contributed by atoms with van der Waals surface area (Å²) in [4.78, 5) is 12.2. The molecule has 5 unspecified atom stereocenters. The average Bonchev–Trinajstić information content (AvgIpc) is 3.14. The van der Waals surface area contributed by atoms with Gasteiger partial charge in [-0.15, -0.1) is 0 Å². The largest absolute Gasteiger partial charge is 0.507 e. The van der Waals surface area contributed by atoms with Gasteiger partial charge >= 0.3 is 0 Å². The average molecular weight is 312 g/mol. The van der Waals surface area contributed by atoms with Gasteiger partial charge in [0, 0.05) is 5.71 Å². The highest BCUT2D eigenvalue weighted by Crippen LogP contribution is 2.57. The molecule has 5 atom stereocenters. The highest BCUT2D eigenvalue weighted by Gasteiger charge is 2.50. The van der Waals surface area contributed by atoms with E-state index in [1.54, 1.807) is 18.2 Å². The third-order valence-corrected chi connectivity index (χ3v) is 6.36. The van der Waals surface area contributed by atoms with Crippen LogP contribution in [0.4, 0.5) is 0 Å². The number of hydrazone groups is 1. The molecule has 0 saturated heterocycles. The highest BCUT2D eigenvalue weighted by atomic mass is 16.3. The fourth-order valence-corrected chi connectivity index (χ4v) is 5.21. The number of benzene rings is 1. The molecule has 0 spiro atoms. The monoisotopic (exact) mass is 312 g/mol. The second-order valence-corrected chi connectivity index (χ2v) is 7.56. The minimum Gasteiger partial charge on any atom is -0.507 e. The summed E-state index contributed by atoms with van der Waals surface area (Å²) in [6.07, 6.45) is 6.48. The normalized spacial score (nSPS) is 36.9. The van der Waals surface area contributed by atoms with Crippen LogP contribution in [0, 0.1) is 29.6 Å². The molecule has 3 saturated carbocycles. The van der Waals surface area contributed by atoms with Crippen molar-refractivity contribution in [2.75, 3.05) is 0 Å². The Hall–Kier alpha value is -1.84. The summed E-state index contributed by atoms with van der Waals surface area (Å²) in [7, 11) is 0. The molecule has 3 aliphatic carbocycles. The number of carbonyl (C=O) groups is 1. The number of nitrogens with zero attached hydrogens (tertiary/aromatic N) is 1. The second-order valence-electron chi connectivity index (χ2n) is 7.56. The third-order valence-electron chi connectivity index (χ3n) is 6.36. The maximum absolute atomic E-state index is 12.2. The lowest BCUT2D eigenvalue weighted by atomic mass is 9.67. The molecule has 0 radical (unpaired) electrons. The number of amides is 1. The predicted molar refractivity (Wildman–Crippen MR) is 89.2 cm³/mol. The minimum absolute atomic E-state index is 0.00457. The van der Waals surface area contributed by atoms with Crippen molar-refractivity contribution < 1.29 is 9.90 Å². The van der Waals surface area contributed by atoms with Gasteiger partial charge in [0.1, 0.15) is 5.75 Å². The summed E-state index contributed by atoms with van der Waals surface area (Å²) < 4.78 is 0. The lowest BCUT2D eigenvalue weighted by Crippen LogP contribution is -2.36. The quantitative estimate of drug-likeness (QED) is 0.820. The molecule has 2 N–H and O–H groups in total. The van der Waals surface area contributed by atoms with Crippen molar-refractivity contribution in [1.82, 2.24) is 5.43 Å². The van der Waals surface area contributed by atoms with E-state index in [0.29, 0.717) is 5.92 Å². The van der Waals surface area contributed by atoms with Crippen molar-refractivity contribution in [1.29, 1.82) is 0 Å². The van der Waals surface area contributed by atoms with Crippen LogP contribution in [0.2, 0.25) is 0 Å². The fraction of sp³-hybridized carbons (Fsp3) is 0.579. The lowest BCUT2D eigenvalue weighted by Gasteiger charge is -2.38. The van der Waals surface area contributed by atoms with Gasteiger partial charge in [-0.05, 0) is 73.8 Å². The van der Waals surface area contributed by atoms with E-state index in [1.807, 2.05) is 0 Å². The summed E-state index contributed by atoms with van der Waals surface area (Å²) in [5.41, 5.74) is 4.06. The van der Waals surface area contributed by atoms with Gasteiger partial charge in [-0.1, -0.05) is 19.1 Å². The van der Waals surface area contributed by atoms with Gasteiger partial charge in [-0.2, -0.15) is 5.10 Å². The topological polar surface area (TPSA) is 61.7 Å². The number of hydrogen-bond donors (Lipinski definition) is 2. The predicted octanol–water partition coefficient (Wildman–Crippen LogP) is 3.57. The second kappa shape index (κ2) is 5.66. The van der Waals surface area contributed by atoms with E-state index in [2.05, 4.69) is 17.5 Å². The molecule has 2 bridgehead atoms. The van der Waals surface area contributed by atoms with Crippen molar-refractivity contribution in [2.24, 2.45) is 34.7 Å². The Morgan fingerprint density at radius 1 is 1.17 bits per heavy atom. The Bertz CT molecular complexity index is 655. The van der Waals surface area contributed by atoms with Crippen LogP contribution in [0.25, 0.3) is 0 Å². The summed E-state index contributed by atoms with van der Waals surface area (Å²) in [6, 6.07) is 6.58. The van der Waals surface area contributed by atoms with E-state index < -0.39 is 0 Å². The van der Waals surface area contributed by atoms with E-state index in [0.717, 1.165) is 35.8 Å². The van der Waals surface area contributed by atoms with Crippen LogP contribution in [0.15, 0.2) is 29.4 Å². The Morgan fingerprint density at radius 2 is 1.91 bits per heavy atom. The molecule has 3 fully saturated rings. The lowest BCUT2D eigenvalue weighted by molar-refractivity contribution is 0.0951. The van der Waals surface area contributed by atoms with Gasteiger partial charge < -0.3 is 5.11 Å². The Balaban J connectivity index is 1.46. The molecule has 3 aliphatic rings. The summed E-state index contributed by atoms with van der Waals surface area (Å²) in [5, 5.41) is 14.2. The zero-order chi connectivity index (χ0) is 16.0. The smallest absolute Gasteiger partial charge is 0.275 e. The number of nitrogens with one attached hydrogen (secondary N) is 1. The molecule has 0 aliphatic heterocycles. The molecule has 23 heavy (non-hydrogen) atoms. The van der Waals surface area contributed by atoms with Gasteiger partial charge in [0.25, 0.3) is 5.91 Å². The molecule has 0 heterocycles. The van der Waals surface area contributed by atoms with Gasteiger partial charge in [0.15, 0.2) is 0 Å². The van der Waals surface area contributed by atoms with Crippen LogP contribution in [-0.4, -0.2) is 16.7 Å². The fourth-order valence-electron chi connectivity index (χ4n) is 5.21. The van der Waals surface area contributed by atoms with Crippen LogP contribution in [0.1, 0.15) is 49.4 Å². The number of phenols is 1. The maximum atomic E-state index is 12.2. The number of carbonyl (C=O) groups excluding carboxylic acids is 1. The van der Waals surface area contributed by atoms with Crippen molar-refractivity contribution in [3.05, 3.63) is 29.8 Å². The Kier molecular flexibility index (Phi) is 3.63. The van der Waals surface area contributed by atoms with Crippen molar-refractivity contribution in [3.8, 4) is 5.75 Å². The molecule has 4 rings (SSSR count). The third kappa shape index (κ3) is 2.54. The highest BCUT2D eigenvalue weighted by molar-refractivity contribution is 5.98. The summed E-state index contributed by atoms with van der Waals surface area (Å²) in [6.45, 7) is 2.23. The first-order chi connectivity index (χ1) is 11.1. The molecule has 1 aromatic rings. The zero-order valence-electron chi connectivity index (χ0n) is 13.5. The van der Waals surface area contributed by atoms with E-state index >= 15 is 0 Å². The minimum atomic E-state index is -0.335. The van der Waals surface area contributed by atoms with Crippen LogP contribution >= 0.6 is 0 Å². The number of para-hydroxylation sites is 1. The first kappa shape index (κ1) is 14.7. The number of rotatable bonds is 2. The first-order valence-corrected chi connectivity index (χ1v) is 8.78. The van der Waals surface area contributed by atoms with Crippen LogP contribution in [-0.2, 0) is 0 Å². The van der Waals surface area contributed by atoms with Crippen LogP contribution < -0.4 is 5.43 Å². The Morgan fingerprint density at radius 3 is 2.70 bits per heavy atom. The van der Waals surface area contributed by atoms with E-state index in [9.17, 15) is 9.90 Å². The molecule has 4 heteroatoms. The standard InChI is InChI=1S/C19H24N2O2/c1-11-8-15-12-6-7-13(9-12)16(15)10-17(11)20-21-19(23)14-4-2-3-5-18(14)22/h2-5,11-13,15-16,22H,6-10H2,1H3,(H,21,23). The number of phenolic OH excluding ortho intramolecular Hbond substituents is 1. The molecule has 0 aromatic heterocycles. The molecule has 1 amide bonds. The first-order valence-electron chi connectivity index (χ1n) is 8.78. The Labute approximate surface area is 137 Å². The van der Waals surface area contributed by atoms with Gasteiger partial charge in [0.05, 0.1) is 5.56 Å². The van der Waals surface area contributed by atoms with Crippen molar-refractivity contribution in [3.63, 3.8) is 0 Å². The van der Waals surface area contributed by atoms with Gasteiger partial charge in [0.2, 0.25) is 0 Å². The van der Waals surface area contributed by atoms with Crippen LogP contribution in [0.5, 0.6) is 5.75 Å². The van der Waals surface area contributed by atoms with E-state index in [1.165, 1.54) is 31.7 Å². The SMILES string of the molecule is CC1CC2C3CCC(C3)C2CC1=NNC(=O)c1ccccc1O. The zero-order valence-corrected chi connectivity index (χ0v) is 13.5. The molecule has 122 valence electrons. The van der Waals surface area contributed by atoms with E-state index in [4.69, 9.17) is 0 Å². The molecular formula is C19H24N2O2. The van der Waals surface area contributed by atoms with Crippen LogP contribution in [0.3, 0.4) is 0 Å². The molecular weight excluding hydrogens is 288 g/mol.